The van der Waals surface area contributed by atoms with Crippen LogP contribution in [0.4, 0.5) is 0 Å². The number of aryl methyl sites for hydroxylation is 2. The third kappa shape index (κ3) is 5.27. The summed E-state index contributed by atoms with van der Waals surface area (Å²) in [5, 5.41) is 0. The van der Waals surface area contributed by atoms with Gasteiger partial charge in [-0.15, -0.1) is 0 Å². The SMILES string of the molecule is Cc1ccc(C(N)=O)cn1.Cc1ccc(CN)cn1. The lowest BCUT2D eigenvalue weighted by Gasteiger charge is -1.93. The number of primary amides is 1. The third-order valence-electron chi connectivity index (χ3n) is 2.40. The molecule has 2 rings (SSSR count). The van der Waals surface area contributed by atoms with Crippen LogP contribution in [0.3, 0.4) is 0 Å². The van der Waals surface area contributed by atoms with Crippen LogP contribution in [0.25, 0.3) is 0 Å². The summed E-state index contributed by atoms with van der Waals surface area (Å²) >= 11 is 0. The Labute approximate surface area is 112 Å². The van der Waals surface area contributed by atoms with Gasteiger partial charge < -0.3 is 11.5 Å². The van der Waals surface area contributed by atoms with Gasteiger partial charge in [-0.2, -0.15) is 0 Å². The van der Waals surface area contributed by atoms with Crippen molar-refractivity contribution in [2.45, 2.75) is 20.4 Å². The molecule has 5 heteroatoms. The first-order chi connectivity index (χ1) is 9.02. The van der Waals surface area contributed by atoms with Crippen LogP contribution in [-0.2, 0) is 6.54 Å². The van der Waals surface area contributed by atoms with E-state index < -0.39 is 5.91 Å². The van der Waals surface area contributed by atoms with E-state index in [0.717, 1.165) is 17.0 Å². The van der Waals surface area contributed by atoms with E-state index in [1.807, 2.05) is 26.0 Å². The predicted molar refractivity (Wildman–Crippen MR) is 74.4 cm³/mol. The number of carbonyl (C=O) groups excluding carboxylic acids is 1. The fourth-order valence-electron chi connectivity index (χ4n) is 1.23. The van der Waals surface area contributed by atoms with Gasteiger partial charge in [-0.3, -0.25) is 14.8 Å². The molecule has 19 heavy (non-hydrogen) atoms. The van der Waals surface area contributed by atoms with Gasteiger partial charge in [0.2, 0.25) is 5.91 Å². The van der Waals surface area contributed by atoms with E-state index in [1.165, 1.54) is 6.20 Å². The number of aromatic nitrogens is 2. The second-order valence-electron chi connectivity index (χ2n) is 4.06. The largest absolute Gasteiger partial charge is 0.366 e. The number of carbonyl (C=O) groups is 1. The minimum absolute atomic E-state index is 0.438. The molecule has 0 aliphatic rings. The van der Waals surface area contributed by atoms with E-state index in [1.54, 1.807) is 18.3 Å². The molecule has 2 aromatic heterocycles. The van der Waals surface area contributed by atoms with Gasteiger partial charge in [0, 0.05) is 30.3 Å². The van der Waals surface area contributed by atoms with E-state index in [9.17, 15) is 4.79 Å². The van der Waals surface area contributed by atoms with Crippen molar-refractivity contribution in [3.8, 4) is 0 Å². The molecule has 2 aromatic rings. The molecular formula is C14H18N4O. The first-order valence-electron chi connectivity index (χ1n) is 5.87. The first-order valence-corrected chi connectivity index (χ1v) is 5.87. The Balaban J connectivity index is 0.000000191. The highest BCUT2D eigenvalue weighted by molar-refractivity contribution is 5.92. The van der Waals surface area contributed by atoms with Crippen LogP contribution in [0.15, 0.2) is 36.7 Å². The molecular weight excluding hydrogens is 240 g/mol. The Morgan fingerprint density at radius 1 is 1.05 bits per heavy atom. The molecule has 0 atom stereocenters. The molecule has 0 fully saturated rings. The van der Waals surface area contributed by atoms with E-state index in [-0.39, 0.29) is 0 Å². The highest BCUT2D eigenvalue weighted by Crippen LogP contribution is 1.97. The molecule has 1 amide bonds. The van der Waals surface area contributed by atoms with Gasteiger partial charge in [0.05, 0.1) is 5.56 Å². The number of hydrogen-bond donors (Lipinski definition) is 2. The van der Waals surface area contributed by atoms with Crippen LogP contribution in [0.2, 0.25) is 0 Å². The maximum atomic E-state index is 10.5. The summed E-state index contributed by atoms with van der Waals surface area (Å²) in [5.74, 6) is -0.438. The van der Waals surface area contributed by atoms with Crippen molar-refractivity contribution in [3.63, 3.8) is 0 Å². The second-order valence-corrected chi connectivity index (χ2v) is 4.06. The van der Waals surface area contributed by atoms with Crippen LogP contribution < -0.4 is 11.5 Å². The molecule has 0 bridgehead atoms. The van der Waals surface area contributed by atoms with Gasteiger partial charge in [0.15, 0.2) is 0 Å². The fourth-order valence-corrected chi connectivity index (χ4v) is 1.23. The van der Waals surface area contributed by atoms with E-state index in [0.29, 0.717) is 12.1 Å². The highest BCUT2D eigenvalue weighted by Gasteiger charge is 1.97. The molecule has 0 aliphatic heterocycles. The van der Waals surface area contributed by atoms with Crippen molar-refractivity contribution < 1.29 is 4.79 Å². The van der Waals surface area contributed by atoms with Gasteiger partial charge in [-0.05, 0) is 37.6 Å². The van der Waals surface area contributed by atoms with Gasteiger partial charge >= 0.3 is 0 Å². The molecule has 0 aliphatic carbocycles. The van der Waals surface area contributed by atoms with Crippen molar-refractivity contribution >= 4 is 5.91 Å². The Hall–Kier alpha value is -2.27. The molecule has 5 nitrogen and oxygen atoms in total. The quantitative estimate of drug-likeness (QED) is 0.849. The maximum absolute atomic E-state index is 10.5. The molecule has 0 aromatic carbocycles. The molecule has 0 spiro atoms. The van der Waals surface area contributed by atoms with Crippen LogP contribution >= 0.6 is 0 Å². The topological polar surface area (TPSA) is 94.9 Å². The lowest BCUT2D eigenvalue weighted by Crippen LogP contribution is -2.10. The number of rotatable bonds is 2. The predicted octanol–water partition coefficient (Wildman–Crippen LogP) is 1.34. The second kappa shape index (κ2) is 7.23. The van der Waals surface area contributed by atoms with Gasteiger partial charge in [0.1, 0.15) is 0 Å². The number of pyridine rings is 2. The molecule has 0 unspecified atom stereocenters. The van der Waals surface area contributed by atoms with Crippen LogP contribution in [0, 0.1) is 13.8 Å². The Morgan fingerprint density at radius 3 is 2.00 bits per heavy atom. The smallest absolute Gasteiger partial charge is 0.250 e. The number of nitrogens with two attached hydrogens (primary N) is 2. The summed E-state index contributed by atoms with van der Waals surface area (Å²) in [6.07, 6.45) is 3.27. The molecule has 0 radical (unpaired) electrons. The minimum Gasteiger partial charge on any atom is -0.366 e. The van der Waals surface area contributed by atoms with Crippen LogP contribution in [-0.4, -0.2) is 15.9 Å². The van der Waals surface area contributed by atoms with Gasteiger partial charge in [-0.25, -0.2) is 0 Å². The lowest BCUT2D eigenvalue weighted by atomic mass is 10.2. The van der Waals surface area contributed by atoms with Crippen molar-refractivity contribution in [3.05, 3.63) is 59.2 Å². The zero-order valence-electron chi connectivity index (χ0n) is 11.1. The molecule has 100 valence electrons. The third-order valence-corrected chi connectivity index (χ3v) is 2.40. The van der Waals surface area contributed by atoms with Crippen molar-refractivity contribution in [1.29, 1.82) is 0 Å². The number of hydrogen-bond acceptors (Lipinski definition) is 4. The monoisotopic (exact) mass is 258 g/mol. The van der Waals surface area contributed by atoms with Crippen molar-refractivity contribution in [1.82, 2.24) is 9.97 Å². The summed E-state index contributed by atoms with van der Waals surface area (Å²) < 4.78 is 0. The Morgan fingerprint density at radius 2 is 1.63 bits per heavy atom. The highest BCUT2D eigenvalue weighted by atomic mass is 16.1. The number of nitrogens with zero attached hydrogens (tertiary/aromatic N) is 2. The summed E-state index contributed by atoms with van der Waals surface area (Å²) in [6, 6.07) is 7.36. The fraction of sp³-hybridized carbons (Fsp3) is 0.214. The van der Waals surface area contributed by atoms with Crippen LogP contribution in [0.1, 0.15) is 27.3 Å². The standard InChI is InChI=1S/C7H8N2O.C7H10N2/c1-5-2-3-6(4-9-5)7(8)10;1-6-2-3-7(4-8)5-9-6/h2-4H,1H3,(H2,8,10);2-3,5H,4,8H2,1H3. The lowest BCUT2D eigenvalue weighted by molar-refractivity contribution is 0.1000. The molecule has 4 N–H and O–H groups in total. The van der Waals surface area contributed by atoms with E-state index in [4.69, 9.17) is 11.5 Å². The summed E-state index contributed by atoms with van der Waals surface area (Å²) in [6.45, 7) is 4.39. The maximum Gasteiger partial charge on any atom is 0.250 e. The minimum atomic E-state index is -0.438. The normalized spacial score (nSPS) is 9.42. The van der Waals surface area contributed by atoms with Gasteiger partial charge in [0.25, 0.3) is 0 Å². The molecule has 2 heterocycles. The average Bonchev–Trinajstić information content (AvgIpc) is 2.41. The molecule has 0 saturated heterocycles. The average molecular weight is 258 g/mol. The summed E-state index contributed by atoms with van der Waals surface area (Å²) in [7, 11) is 0. The Kier molecular flexibility index (Phi) is 5.63. The summed E-state index contributed by atoms with van der Waals surface area (Å²) in [4.78, 5) is 18.5. The van der Waals surface area contributed by atoms with E-state index in [2.05, 4.69) is 9.97 Å². The first kappa shape index (κ1) is 14.8. The Bertz CT molecular complexity index is 520. The number of amides is 1. The zero-order valence-corrected chi connectivity index (χ0v) is 11.1. The molecule has 0 saturated carbocycles. The van der Waals surface area contributed by atoms with Crippen molar-refractivity contribution in [2.75, 3.05) is 0 Å². The van der Waals surface area contributed by atoms with Gasteiger partial charge in [-0.1, -0.05) is 6.07 Å². The van der Waals surface area contributed by atoms with Crippen molar-refractivity contribution in [2.24, 2.45) is 11.5 Å². The van der Waals surface area contributed by atoms with E-state index >= 15 is 0 Å². The summed E-state index contributed by atoms with van der Waals surface area (Å²) in [5.41, 5.74) is 13.8. The zero-order chi connectivity index (χ0) is 14.3. The van der Waals surface area contributed by atoms with Crippen LogP contribution in [0.5, 0.6) is 0 Å².